The lowest BCUT2D eigenvalue weighted by atomic mass is 9.99. The standard InChI is InChI=1S/C17H27ClN2O/c1-13(2)10-19-11-14-9-15(18)5-6-16(14)20-7-8-21-12-17(20,3)4/h5-6,9,13,19H,7-8,10-12H2,1-4H3. The van der Waals surface area contributed by atoms with Crippen LogP contribution in [0.5, 0.6) is 0 Å². The van der Waals surface area contributed by atoms with Gasteiger partial charge in [-0.15, -0.1) is 0 Å². The van der Waals surface area contributed by atoms with Gasteiger partial charge in [0, 0.05) is 23.8 Å². The predicted octanol–water partition coefficient (Wildman–Crippen LogP) is 3.70. The maximum atomic E-state index is 6.20. The van der Waals surface area contributed by atoms with Gasteiger partial charge in [-0.25, -0.2) is 0 Å². The van der Waals surface area contributed by atoms with Gasteiger partial charge in [-0.2, -0.15) is 0 Å². The molecule has 0 atom stereocenters. The van der Waals surface area contributed by atoms with Gasteiger partial charge >= 0.3 is 0 Å². The molecule has 1 fully saturated rings. The Morgan fingerprint density at radius 2 is 2.14 bits per heavy atom. The molecule has 21 heavy (non-hydrogen) atoms. The molecule has 1 saturated heterocycles. The second-order valence-corrected chi connectivity index (χ2v) is 7.25. The number of hydrogen-bond donors (Lipinski definition) is 1. The third-order valence-corrected chi connectivity index (χ3v) is 4.08. The Morgan fingerprint density at radius 1 is 1.38 bits per heavy atom. The summed E-state index contributed by atoms with van der Waals surface area (Å²) in [5.41, 5.74) is 2.54. The molecule has 3 nitrogen and oxygen atoms in total. The lowest BCUT2D eigenvalue weighted by Gasteiger charge is -2.44. The van der Waals surface area contributed by atoms with Gasteiger partial charge in [0.05, 0.1) is 18.8 Å². The molecule has 0 radical (unpaired) electrons. The Kier molecular flexibility index (Phi) is 5.53. The Labute approximate surface area is 133 Å². The molecule has 1 aliphatic rings. The molecule has 1 aromatic carbocycles. The second-order valence-electron chi connectivity index (χ2n) is 6.81. The normalized spacial score (nSPS) is 18.3. The van der Waals surface area contributed by atoms with Gasteiger partial charge in [0.25, 0.3) is 0 Å². The average molecular weight is 311 g/mol. The molecule has 1 N–H and O–H groups in total. The van der Waals surface area contributed by atoms with E-state index in [0.29, 0.717) is 5.92 Å². The van der Waals surface area contributed by atoms with Crippen LogP contribution in [-0.4, -0.2) is 31.8 Å². The van der Waals surface area contributed by atoms with Crippen molar-refractivity contribution in [2.45, 2.75) is 39.8 Å². The van der Waals surface area contributed by atoms with Gasteiger partial charge in [0.15, 0.2) is 0 Å². The molecule has 0 spiro atoms. The summed E-state index contributed by atoms with van der Waals surface area (Å²) < 4.78 is 5.63. The highest BCUT2D eigenvalue weighted by Gasteiger charge is 2.31. The van der Waals surface area contributed by atoms with Crippen LogP contribution in [0.1, 0.15) is 33.3 Å². The Hall–Kier alpha value is -0.770. The monoisotopic (exact) mass is 310 g/mol. The zero-order valence-corrected chi connectivity index (χ0v) is 14.3. The number of nitrogens with zero attached hydrogens (tertiary/aromatic N) is 1. The molecule has 0 aliphatic carbocycles. The van der Waals surface area contributed by atoms with Crippen LogP contribution in [0.2, 0.25) is 5.02 Å². The van der Waals surface area contributed by atoms with E-state index in [1.165, 1.54) is 11.3 Å². The molecule has 1 aliphatic heterocycles. The van der Waals surface area contributed by atoms with Crippen LogP contribution in [0.4, 0.5) is 5.69 Å². The van der Waals surface area contributed by atoms with Crippen LogP contribution >= 0.6 is 11.6 Å². The summed E-state index contributed by atoms with van der Waals surface area (Å²) in [5, 5.41) is 4.32. The summed E-state index contributed by atoms with van der Waals surface area (Å²) in [6, 6.07) is 6.20. The van der Waals surface area contributed by atoms with Gasteiger partial charge in [-0.3, -0.25) is 0 Å². The lowest BCUT2D eigenvalue weighted by molar-refractivity contribution is 0.0643. The summed E-state index contributed by atoms with van der Waals surface area (Å²) in [6.07, 6.45) is 0. The van der Waals surface area contributed by atoms with E-state index in [2.05, 4.69) is 50.0 Å². The van der Waals surface area contributed by atoms with Crippen molar-refractivity contribution in [3.8, 4) is 0 Å². The van der Waals surface area contributed by atoms with Gasteiger partial charge in [0.1, 0.15) is 0 Å². The zero-order valence-electron chi connectivity index (χ0n) is 13.6. The quantitative estimate of drug-likeness (QED) is 0.897. The van der Waals surface area contributed by atoms with Crippen molar-refractivity contribution in [1.82, 2.24) is 5.32 Å². The number of ether oxygens (including phenoxy) is 1. The van der Waals surface area contributed by atoms with E-state index in [-0.39, 0.29) is 5.54 Å². The number of anilines is 1. The molecule has 0 saturated carbocycles. The molecule has 0 aromatic heterocycles. The van der Waals surface area contributed by atoms with E-state index >= 15 is 0 Å². The second kappa shape index (κ2) is 6.99. The first kappa shape index (κ1) is 16.6. The highest BCUT2D eigenvalue weighted by Crippen LogP contribution is 2.31. The highest BCUT2D eigenvalue weighted by molar-refractivity contribution is 6.30. The van der Waals surface area contributed by atoms with Crippen molar-refractivity contribution in [2.75, 3.05) is 31.2 Å². The van der Waals surface area contributed by atoms with Crippen molar-refractivity contribution >= 4 is 17.3 Å². The molecule has 2 rings (SSSR count). The fourth-order valence-corrected chi connectivity index (χ4v) is 2.95. The van der Waals surface area contributed by atoms with Gasteiger partial charge < -0.3 is 15.0 Å². The first-order valence-corrected chi connectivity index (χ1v) is 8.12. The minimum atomic E-state index is 0.0128. The molecular formula is C17H27ClN2O. The van der Waals surface area contributed by atoms with E-state index < -0.39 is 0 Å². The Morgan fingerprint density at radius 3 is 2.81 bits per heavy atom. The number of nitrogens with one attached hydrogen (secondary N) is 1. The zero-order chi connectivity index (χ0) is 15.5. The Balaban J connectivity index is 2.21. The van der Waals surface area contributed by atoms with E-state index in [1.54, 1.807) is 0 Å². The molecule has 118 valence electrons. The molecular weight excluding hydrogens is 284 g/mol. The van der Waals surface area contributed by atoms with Crippen molar-refractivity contribution in [3.63, 3.8) is 0 Å². The molecule has 0 unspecified atom stereocenters. The lowest BCUT2D eigenvalue weighted by Crippen LogP contribution is -2.53. The van der Waals surface area contributed by atoms with Crippen molar-refractivity contribution < 1.29 is 4.74 Å². The van der Waals surface area contributed by atoms with Gasteiger partial charge in [-0.05, 0) is 50.1 Å². The summed E-state index contributed by atoms with van der Waals surface area (Å²) in [5.74, 6) is 0.646. The van der Waals surface area contributed by atoms with E-state index in [1.807, 2.05) is 6.07 Å². The highest BCUT2D eigenvalue weighted by atomic mass is 35.5. The first-order valence-electron chi connectivity index (χ1n) is 7.74. The van der Waals surface area contributed by atoms with E-state index in [9.17, 15) is 0 Å². The third kappa shape index (κ3) is 4.35. The predicted molar refractivity (Wildman–Crippen MR) is 90.2 cm³/mol. The molecule has 0 amide bonds. The number of morpholine rings is 1. The fraction of sp³-hybridized carbons (Fsp3) is 0.647. The third-order valence-electron chi connectivity index (χ3n) is 3.85. The van der Waals surface area contributed by atoms with Gasteiger partial charge in [0.2, 0.25) is 0 Å². The van der Waals surface area contributed by atoms with Crippen LogP contribution in [0, 0.1) is 5.92 Å². The van der Waals surface area contributed by atoms with E-state index in [4.69, 9.17) is 16.3 Å². The average Bonchev–Trinajstić information content (AvgIpc) is 2.39. The van der Waals surface area contributed by atoms with Crippen LogP contribution in [-0.2, 0) is 11.3 Å². The van der Waals surface area contributed by atoms with Crippen LogP contribution in [0.15, 0.2) is 18.2 Å². The Bertz CT molecular complexity index is 474. The van der Waals surface area contributed by atoms with Crippen molar-refractivity contribution in [3.05, 3.63) is 28.8 Å². The summed E-state index contributed by atoms with van der Waals surface area (Å²) in [6.45, 7) is 13.2. The maximum absolute atomic E-state index is 6.20. The first-order chi connectivity index (χ1) is 9.90. The molecule has 4 heteroatoms. The smallest absolute Gasteiger partial charge is 0.0694 e. The van der Waals surface area contributed by atoms with Gasteiger partial charge in [-0.1, -0.05) is 25.4 Å². The topological polar surface area (TPSA) is 24.5 Å². The number of halogens is 1. The number of benzene rings is 1. The molecule has 0 bridgehead atoms. The minimum absolute atomic E-state index is 0.0128. The van der Waals surface area contributed by atoms with Crippen molar-refractivity contribution in [1.29, 1.82) is 0 Å². The largest absolute Gasteiger partial charge is 0.377 e. The fourth-order valence-electron chi connectivity index (χ4n) is 2.76. The minimum Gasteiger partial charge on any atom is -0.377 e. The van der Waals surface area contributed by atoms with E-state index in [0.717, 1.165) is 37.9 Å². The number of hydrogen-bond acceptors (Lipinski definition) is 3. The summed E-state index contributed by atoms with van der Waals surface area (Å²) in [4.78, 5) is 2.44. The number of rotatable bonds is 5. The summed E-state index contributed by atoms with van der Waals surface area (Å²) >= 11 is 6.20. The van der Waals surface area contributed by atoms with Crippen molar-refractivity contribution in [2.24, 2.45) is 5.92 Å². The molecule has 1 heterocycles. The maximum Gasteiger partial charge on any atom is 0.0694 e. The summed E-state index contributed by atoms with van der Waals surface area (Å²) in [7, 11) is 0. The van der Waals surface area contributed by atoms with Crippen LogP contribution in [0.25, 0.3) is 0 Å². The molecule has 1 aromatic rings. The SMILES string of the molecule is CC(C)CNCc1cc(Cl)ccc1N1CCOCC1(C)C. The van der Waals surface area contributed by atoms with Crippen LogP contribution in [0.3, 0.4) is 0 Å². The van der Waals surface area contributed by atoms with Crippen LogP contribution < -0.4 is 10.2 Å².